The van der Waals surface area contributed by atoms with Crippen LogP contribution in [0.4, 0.5) is 14.5 Å². The monoisotopic (exact) mass is 560 g/mol. The van der Waals surface area contributed by atoms with Gasteiger partial charge in [-0.05, 0) is 42.0 Å². The zero-order valence-corrected chi connectivity index (χ0v) is 22.4. The molecule has 4 aromatic carbocycles. The summed E-state index contributed by atoms with van der Waals surface area (Å²) in [7, 11) is 2.90. The molecule has 1 aromatic heterocycles. The topological polar surface area (TPSA) is 99.1 Å². The molecule has 0 unspecified atom stereocenters. The fraction of sp³-hybridized carbons (Fsp3) is 0.161. The van der Waals surface area contributed by atoms with Crippen LogP contribution < -0.4 is 24.3 Å². The fourth-order valence-electron chi connectivity index (χ4n) is 4.33. The van der Waals surface area contributed by atoms with Crippen LogP contribution in [0.5, 0.6) is 28.7 Å². The van der Waals surface area contributed by atoms with Crippen molar-refractivity contribution in [1.82, 2.24) is 4.98 Å². The maximum Gasteiger partial charge on any atom is 0.259 e. The Morgan fingerprint density at radius 2 is 1.59 bits per heavy atom. The number of aliphatic hydroxyl groups excluding tert-OH is 1. The number of aromatic nitrogens is 1. The van der Waals surface area contributed by atoms with Gasteiger partial charge >= 0.3 is 0 Å². The summed E-state index contributed by atoms with van der Waals surface area (Å²) in [5.41, 5.74) is 0.530. The van der Waals surface area contributed by atoms with Gasteiger partial charge in [-0.25, -0.2) is 8.78 Å². The Morgan fingerprint density at radius 1 is 0.902 bits per heavy atom. The van der Waals surface area contributed by atoms with Gasteiger partial charge in [0.25, 0.3) is 5.91 Å². The van der Waals surface area contributed by atoms with Crippen molar-refractivity contribution in [2.75, 3.05) is 26.1 Å². The van der Waals surface area contributed by atoms with E-state index in [9.17, 15) is 9.90 Å². The number of anilines is 1. The van der Waals surface area contributed by atoms with Crippen molar-refractivity contribution >= 4 is 33.3 Å². The van der Waals surface area contributed by atoms with Crippen LogP contribution in [0.2, 0.25) is 0 Å². The molecule has 1 amide bonds. The predicted octanol–water partition coefficient (Wildman–Crippen LogP) is 6.49. The molecule has 0 bridgehead atoms. The summed E-state index contributed by atoms with van der Waals surface area (Å²) in [6.45, 7) is 1.44. The van der Waals surface area contributed by atoms with Crippen molar-refractivity contribution in [2.24, 2.45) is 0 Å². The third-order valence-electron chi connectivity index (χ3n) is 6.35. The number of halogens is 2. The van der Waals surface area contributed by atoms with Crippen LogP contribution in [0.25, 0.3) is 21.7 Å². The second-order valence-corrected chi connectivity index (χ2v) is 9.17. The normalized spacial score (nSPS) is 11.8. The lowest BCUT2D eigenvalue weighted by Crippen LogP contribution is -2.16. The molecular formula is C31H26F2N2O6. The maximum atomic E-state index is 15.2. The Hall–Kier alpha value is -4.96. The molecule has 0 aliphatic heterocycles. The number of hydrogen-bond acceptors (Lipinski definition) is 7. The van der Waals surface area contributed by atoms with Crippen LogP contribution in [-0.4, -0.2) is 42.9 Å². The number of nitrogens with one attached hydrogen (secondary N) is 1. The Labute approximate surface area is 234 Å². The first-order valence-corrected chi connectivity index (χ1v) is 12.6. The molecule has 1 heterocycles. The Balaban J connectivity index is 1.44. The highest BCUT2D eigenvalue weighted by Crippen LogP contribution is 2.39. The van der Waals surface area contributed by atoms with Crippen molar-refractivity contribution in [3.05, 3.63) is 90.1 Å². The summed E-state index contributed by atoms with van der Waals surface area (Å²) >= 11 is 0. The number of methoxy groups -OCH3 is 2. The number of rotatable bonds is 9. The van der Waals surface area contributed by atoms with Gasteiger partial charge < -0.3 is 29.4 Å². The number of pyridine rings is 1. The van der Waals surface area contributed by atoms with Crippen molar-refractivity contribution < 1.29 is 37.6 Å². The van der Waals surface area contributed by atoms with Gasteiger partial charge in [-0.3, -0.25) is 9.78 Å². The lowest BCUT2D eigenvalue weighted by molar-refractivity contribution is 0.102. The number of hydrogen-bond donors (Lipinski definition) is 2. The molecule has 8 nitrogen and oxygen atoms in total. The van der Waals surface area contributed by atoms with Crippen LogP contribution in [0.3, 0.4) is 0 Å². The minimum Gasteiger partial charge on any atom is -0.496 e. The Kier molecular flexibility index (Phi) is 7.84. The van der Waals surface area contributed by atoms with E-state index in [1.807, 2.05) is 24.3 Å². The van der Waals surface area contributed by atoms with E-state index in [1.54, 1.807) is 31.2 Å². The molecule has 2 N–H and O–H groups in total. The van der Waals surface area contributed by atoms with E-state index in [1.165, 1.54) is 26.5 Å². The molecule has 210 valence electrons. The van der Waals surface area contributed by atoms with Crippen LogP contribution in [-0.2, 0) is 0 Å². The molecule has 41 heavy (non-hydrogen) atoms. The summed E-state index contributed by atoms with van der Waals surface area (Å²) in [5, 5.41) is 14.0. The van der Waals surface area contributed by atoms with E-state index in [-0.39, 0.29) is 23.6 Å². The van der Waals surface area contributed by atoms with Gasteiger partial charge in [0.05, 0.1) is 31.9 Å². The quantitative estimate of drug-likeness (QED) is 0.213. The number of benzene rings is 4. The van der Waals surface area contributed by atoms with E-state index in [4.69, 9.17) is 18.9 Å². The first-order chi connectivity index (χ1) is 19.8. The maximum absolute atomic E-state index is 15.2. The Morgan fingerprint density at radius 3 is 2.24 bits per heavy atom. The van der Waals surface area contributed by atoms with E-state index in [0.717, 1.165) is 22.9 Å². The standard InChI is InChI=1S/C31H26F2N2O6/c1-17(16-36)40-29-14-21-25(15-28(29)39-3)34-9-8-26(21)41-30-23(32)12-20(13-24(30)33)35-31(37)22-10-18-6-4-5-7-19(18)11-27(22)38-2/h4-15,17,36H,16H2,1-3H3,(H,35,37)/t17-/m0/s1. The lowest BCUT2D eigenvalue weighted by atomic mass is 10.1. The summed E-state index contributed by atoms with van der Waals surface area (Å²) in [6.07, 6.45) is 0.893. The van der Waals surface area contributed by atoms with Crippen LogP contribution >= 0.6 is 0 Å². The van der Waals surface area contributed by atoms with Gasteiger partial charge in [-0.15, -0.1) is 0 Å². The predicted molar refractivity (Wildman–Crippen MR) is 150 cm³/mol. The molecule has 10 heteroatoms. The Bertz CT molecular complexity index is 1740. The van der Waals surface area contributed by atoms with Crippen molar-refractivity contribution in [1.29, 1.82) is 0 Å². The second-order valence-electron chi connectivity index (χ2n) is 9.17. The van der Waals surface area contributed by atoms with Gasteiger partial charge in [0.15, 0.2) is 28.9 Å². The van der Waals surface area contributed by atoms with Crippen molar-refractivity contribution in [3.8, 4) is 28.7 Å². The fourth-order valence-corrected chi connectivity index (χ4v) is 4.33. The number of amides is 1. The van der Waals surface area contributed by atoms with Crippen LogP contribution in [0.1, 0.15) is 17.3 Å². The minimum absolute atomic E-state index is 0.106. The highest BCUT2D eigenvalue weighted by molar-refractivity contribution is 6.08. The molecule has 0 saturated heterocycles. The van der Waals surface area contributed by atoms with E-state index in [2.05, 4.69) is 10.3 Å². The molecule has 0 aliphatic carbocycles. The third-order valence-corrected chi connectivity index (χ3v) is 6.35. The minimum atomic E-state index is -1.03. The SMILES string of the molecule is COc1cc2nccc(Oc3c(F)cc(NC(=O)c4cc5ccccc5cc4OC)cc3F)c2cc1O[C@@H](C)CO. The smallest absolute Gasteiger partial charge is 0.259 e. The molecule has 5 rings (SSSR count). The van der Waals surface area contributed by atoms with E-state index >= 15 is 8.78 Å². The molecule has 1 atom stereocenters. The zero-order chi connectivity index (χ0) is 29.1. The van der Waals surface area contributed by atoms with E-state index < -0.39 is 29.4 Å². The number of carbonyl (C=O) groups is 1. The summed E-state index contributed by atoms with van der Waals surface area (Å²) in [4.78, 5) is 17.3. The summed E-state index contributed by atoms with van der Waals surface area (Å²) in [6, 6.07) is 17.3. The van der Waals surface area contributed by atoms with Gasteiger partial charge in [0.1, 0.15) is 17.6 Å². The van der Waals surface area contributed by atoms with Crippen molar-refractivity contribution in [2.45, 2.75) is 13.0 Å². The van der Waals surface area contributed by atoms with Gasteiger partial charge in [0, 0.05) is 35.5 Å². The summed E-state index contributed by atoms with van der Waals surface area (Å²) < 4.78 is 52.5. The van der Waals surface area contributed by atoms with E-state index in [0.29, 0.717) is 28.2 Å². The van der Waals surface area contributed by atoms with Crippen molar-refractivity contribution in [3.63, 3.8) is 0 Å². The highest BCUT2D eigenvalue weighted by Gasteiger charge is 2.20. The van der Waals surface area contributed by atoms with Gasteiger partial charge in [-0.1, -0.05) is 24.3 Å². The summed E-state index contributed by atoms with van der Waals surface area (Å²) in [5.74, 6) is -2.25. The number of ether oxygens (including phenoxy) is 4. The number of fused-ring (bicyclic) bond motifs is 2. The largest absolute Gasteiger partial charge is 0.496 e. The van der Waals surface area contributed by atoms with Gasteiger partial charge in [0.2, 0.25) is 0 Å². The molecule has 0 aliphatic rings. The molecule has 0 saturated carbocycles. The second kappa shape index (κ2) is 11.6. The van der Waals surface area contributed by atoms with Gasteiger partial charge in [-0.2, -0.15) is 0 Å². The number of nitrogens with zero attached hydrogens (tertiary/aromatic N) is 1. The molecular weight excluding hydrogens is 534 g/mol. The molecule has 0 radical (unpaired) electrons. The molecule has 0 fully saturated rings. The first kappa shape index (κ1) is 27.6. The molecule has 0 spiro atoms. The van der Waals surface area contributed by atoms with Crippen LogP contribution in [0, 0.1) is 11.6 Å². The molecule has 5 aromatic rings. The third kappa shape index (κ3) is 5.68. The lowest BCUT2D eigenvalue weighted by Gasteiger charge is -2.17. The number of aliphatic hydroxyl groups is 1. The first-order valence-electron chi connectivity index (χ1n) is 12.6. The highest BCUT2D eigenvalue weighted by atomic mass is 19.1. The average Bonchev–Trinajstić information content (AvgIpc) is 2.97. The zero-order valence-electron chi connectivity index (χ0n) is 22.4. The van der Waals surface area contributed by atoms with Crippen LogP contribution in [0.15, 0.2) is 72.9 Å². The number of carbonyl (C=O) groups excluding carboxylic acids is 1. The average molecular weight is 561 g/mol.